The van der Waals surface area contributed by atoms with E-state index in [9.17, 15) is 14.7 Å². The number of hydrogen-bond donors (Lipinski definition) is 3. The first kappa shape index (κ1) is 17.2. The molecule has 0 bridgehead atoms. The number of aromatic hydroxyl groups is 1. The van der Waals surface area contributed by atoms with Gasteiger partial charge in [-0.15, -0.1) is 0 Å². The summed E-state index contributed by atoms with van der Waals surface area (Å²) in [6.07, 6.45) is 2.13. The molecule has 2 rings (SSSR count). The predicted octanol–water partition coefficient (Wildman–Crippen LogP) is 2.05. The number of para-hydroxylation sites is 1. The summed E-state index contributed by atoms with van der Waals surface area (Å²) in [5.74, 6) is -0.316. The molecule has 0 radical (unpaired) electrons. The second-order valence-corrected chi connectivity index (χ2v) is 5.08. The van der Waals surface area contributed by atoms with E-state index < -0.39 is 0 Å². The second kappa shape index (κ2) is 9.09. The maximum absolute atomic E-state index is 11.8. The Hall–Kier alpha value is -3.15. The summed E-state index contributed by atoms with van der Waals surface area (Å²) in [4.78, 5) is 23.4. The van der Waals surface area contributed by atoms with Crippen molar-refractivity contribution >= 4 is 18.0 Å². The molecule has 24 heavy (non-hydrogen) atoms. The van der Waals surface area contributed by atoms with Gasteiger partial charge >= 0.3 is 0 Å². The van der Waals surface area contributed by atoms with E-state index in [2.05, 4.69) is 15.8 Å². The molecule has 6 nitrogen and oxygen atoms in total. The van der Waals surface area contributed by atoms with E-state index in [1.807, 2.05) is 6.07 Å². The third-order valence-corrected chi connectivity index (χ3v) is 3.23. The van der Waals surface area contributed by atoms with Crippen LogP contribution < -0.4 is 10.7 Å². The molecule has 2 amide bonds. The van der Waals surface area contributed by atoms with E-state index in [-0.39, 0.29) is 24.0 Å². The Morgan fingerprint density at radius 2 is 1.75 bits per heavy atom. The zero-order valence-corrected chi connectivity index (χ0v) is 13.1. The molecule has 0 aliphatic rings. The van der Waals surface area contributed by atoms with E-state index in [1.54, 1.807) is 48.5 Å². The molecule has 0 spiro atoms. The fourth-order valence-corrected chi connectivity index (χ4v) is 1.97. The van der Waals surface area contributed by atoms with Gasteiger partial charge in [-0.3, -0.25) is 9.59 Å². The first-order chi connectivity index (χ1) is 11.7. The molecule has 2 aromatic carbocycles. The van der Waals surface area contributed by atoms with Gasteiger partial charge in [0.2, 0.25) is 5.91 Å². The number of phenols is 1. The van der Waals surface area contributed by atoms with Gasteiger partial charge in [0.05, 0.1) is 6.21 Å². The summed E-state index contributed by atoms with van der Waals surface area (Å²) in [5.41, 5.74) is 3.50. The van der Waals surface area contributed by atoms with Crippen molar-refractivity contribution in [1.29, 1.82) is 0 Å². The molecular weight excluding hydrogens is 306 g/mol. The molecule has 0 aliphatic heterocycles. The standard InChI is InChI=1S/C18H19N3O3/c22-16-10-5-4-9-15(16)13-20-21-17(23)11-6-12-19-18(24)14-7-2-1-3-8-14/h1-5,7-10,13,22H,6,11-12H2,(H,19,24)(H,21,23). The first-order valence-corrected chi connectivity index (χ1v) is 7.60. The van der Waals surface area contributed by atoms with Crippen LogP contribution in [0.2, 0.25) is 0 Å². The quantitative estimate of drug-likeness (QED) is 0.413. The number of nitrogens with one attached hydrogen (secondary N) is 2. The number of carbonyl (C=O) groups excluding carboxylic acids is 2. The van der Waals surface area contributed by atoms with Crippen LogP contribution in [0.25, 0.3) is 0 Å². The fraction of sp³-hybridized carbons (Fsp3) is 0.167. The molecule has 0 saturated heterocycles. The van der Waals surface area contributed by atoms with Crippen molar-refractivity contribution in [3.05, 3.63) is 65.7 Å². The Morgan fingerprint density at radius 1 is 1.04 bits per heavy atom. The molecule has 0 heterocycles. The summed E-state index contributed by atoms with van der Waals surface area (Å²) >= 11 is 0. The number of hydrazone groups is 1. The van der Waals surface area contributed by atoms with E-state index in [0.29, 0.717) is 24.1 Å². The molecule has 0 aromatic heterocycles. The largest absolute Gasteiger partial charge is 0.507 e. The number of phenolic OH excluding ortho intramolecular Hbond substituents is 1. The van der Waals surface area contributed by atoms with Gasteiger partial charge in [0.1, 0.15) is 5.75 Å². The van der Waals surface area contributed by atoms with Gasteiger partial charge in [-0.25, -0.2) is 5.43 Å². The smallest absolute Gasteiger partial charge is 0.251 e. The number of amides is 2. The molecule has 2 aromatic rings. The fourth-order valence-electron chi connectivity index (χ4n) is 1.97. The Kier molecular flexibility index (Phi) is 6.52. The minimum absolute atomic E-state index is 0.0964. The number of carbonyl (C=O) groups is 2. The first-order valence-electron chi connectivity index (χ1n) is 7.60. The van der Waals surface area contributed by atoms with Crippen molar-refractivity contribution in [1.82, 2.24) is 10.7 Å². The highest BCUT2D eigenvalue weighted by atomic mass is 16.3. The molecule has 0 fully saturated rings. The van der Waals surface area contributed by atoms with Crippen molar-refractivity contribution < 1.29 is 14.7 Å². The minimum atomic E-state index is -0.254. The van der Waals surface area contributed by atoms with Gasteiger partial charge < -0.3 is 10.4 Å². The summed E-state index contributed by atoms with van der Waals surface area (Å²) in [6, 6.07) is 15.6. The molecule has 0 atom stereocenters. The third-order valence-electron chi connectivity index (χ3n) is 3.23. The lowest BCUT2D eigenvalue weighted by atomic mass is 10.2. The lowest BCUT2D eigenvalue weighted by Crippen LogP contribution is -2.26. The lowest BCUT2D eigenvalue weighted by Gasteiger charge is -2.04. The molecule has 124 valence electrons. The maximum Gasteiger partial charge on any atom is 0.251 e. The van der Waals surface area contributed by atoms with Crippen LogP contribution in [-0.4, -0.2) is 29.7 Å². The van der Waals surface area contributed by atoms with Crippen LogP contribution in [0.4, 0.5) is 0 Å². The van der Waals surface area contributed by atoms with Gasteiger partial charge in [0.25, 0.3) is 5.91 Å². The molecular formula is C18H19N3O3. The van der Waals surface area contributed by atoms with Gasteiger partial charge in [0.15, 0.2) is 0 Å². The monoisotopic (exact) mass is 325 g/mol. The number of hydrogen-bond acceptors (Lipinski definition) is 4. The van der Waals surface area contributed by atoms with Gasteiger partial charge in [0, 0.05) is 24.1 Å². The van der Waals surface area contributed by atoms with E-state index >= 15 is 0 Å². The highest BCUT2D eigenvalue weighted by molar-refractivity contribution is 5.94. The second-order valence-electron chi connectivity index (χ2n) is 5.08. The number of nitrogens with zero attached hydrogens (tertiary/aromatic N) is 1. The lowest BCUT2D eigenvalue weighted by molar-refractivity contribution is -0.121. The molecule has 3 N–H and O–H groups in total. The van der Waals surface area contributed by atoms with Crippen molar-refractivity contribution in [2.45, 2.75) is 12.8 Å². The van der Waals surface area contributed by atoms with Crippen LogP contribution in [0.1, 0.15) is 28.8 Å². The van der Waals surface area contributed by atoms with Crippen molar-refractivity contribution in [2.24, 2.45) is 5.10 Å². The van der Waals surface area contributed by atoms with Crippen molar-refractivity contribution in [3.8, 4) is 5.75 Å². The van der Waals surface area contributed by atoms with Crippen molar-refractivity contribution in [2.75, 3.05) is 6.54 Å². The average molecular weight is 325 g/mol. The molecule has 0 saturated carbocycles. The summed E-state index contributed by atoms with van der Waals surface area (Å²) in [5, 5.41) is 16.1. The van der Waals surface area contributed by atoms with Crippen LogP contribution in [0.15, 0.2) is 59.7 Å². The number of rotatable bonds is 7. The highest BCUT2D eigenvalue weighted by Crippen LogP contribution is 2.12. The SMILES string of the molecule is O=C(CCCNC(=O)c1ccccc1)NN=Cc1ccccc1O. The van der Waals surface area contributed by atoms with E-state index in [0.717, 1.165) is 0 Å². The Balaban J connectivity index is 1.65. The summed E-state index contributed by atoms with van der Waals surface area (Å²) in [7, 11) is 0. The minimum Gasteiger partial charge on any atom is -0.507 e. The number of benzene rings is 2. The normalized spacial score (nSPS) is 10.5. The van der Waals surface area contributed by atoms with Crippen LogP contribution in [-0.2, 0) is 4.79 Å². The zero-order chi connectivity index (χ0) is 17.2. The van der Waals surface area contributed by atoms with Gasteiger partial charge in [-0.05, 0) is 30.7 Å². The molecule has 0 aliphatic carbocycles. The van der Waals surface area contributed by atoms with E-state index in [4.69, 9.17) is 0 Å². The summed E-state index contributed by atoms with van der Waals surface area (Å²) < 4.78 is 0. The maximum atomic E-state index is 11.8. The predicted molar refractivity (Wildman–Crippen MR) is 91.9 cm³/mol. The van der Waals surface area contributed by atoms with Crippen LogP contribution in [0.3, 0.4) is 0 Å². The third kappa shape index (κ3) is 5.57. The topological polar surface area (TPSA) is 90.8 Å². The Morgan fingerprint density at radius 3 is 2.50 bits per heavy atom. The van der Waals surface area contributed by atoms with Gasteiger partial charge in [-0.1, -0.05) is 30.3 Å². The molecule has 6 heteroatoms. The van der Waals surface area contributed by atoms with Crippen LogP contribution in [0, 0.1) is 0 Å². The molecule has 0 unspecified atom stereocenters. The zero-order valence-electron chi connectivity index (χ0n) is 13.1. The Labute approximate surface area is 140 Å². The van der Waals surface area contributed by atoms with Gasteiger partial charge in [-0.2, -0.15) is 5.10 Å². The average Bonchev–Trinajstić information content (AvgIpc) is 2.61. The van der Waals surface area contributed by atoms with Crippen LogP contribution in [0.5, 0.6) is 5.75 Å². The highest BCUT2D eigenvalue weighted by Gasteiger charge is 2.04. The Bertz CT molecular complexity index is 714. The van der Waals surface area contributed by atoms with E-state index in [1.165, 1.54) is 6.21 Å². The van der Waals surface area contributed by atoms with Crippen LogP contribution >= 0.6 is 0 Å². The summed E-state index contributed by atoms with van der Waals surface area (Å²) in [6.45, 7) is 0.407. The van der Waals surface area contributed by atoms with Crippen molar-refractivity contribution in [3.63, 3.8) is 0 Å².